The maximum Gasteiger partial charge on any atom is 0.141 e. The third kappa shape index (κ3) is 3.09. The highest BCUT2D eigenvalue weighted by Crippen LogP contribution is 1.90. The van der Waals surface area contributed by atoms with Crippen molar-refractivity contribution in [3.05, 3.63) is 12.0 Å². The average Bonchev–Trinajstić information content (AvgIpc) is 1.99. The Balaban J connectivity index is 3.95. The molecule has 0 aliphatic heterocycles. The summed E-state index contributed by atoms with van der Waals surface area (Å²) in [6.45, 7) is 3.30. The molecule has 0 aromatic heterocycles. The molecule has 0 aromatic rings. The summed E-state index contributed by atoms with van der Waals surface area (Å²) in [4.78, 5) is 5.23. The summed E-state index contributed by atoms with van der Waals surface area (Å²) in [5.41, 5.74) is 0. The fourth-order valence-corrected chi connectivity index (χ4v) is 0.434. The van der Waals surface area contributed by atoms with Crippen molar-refractivity contribution in [2.75, 3.05) is 20.8 Å². The first kappa shape index (κ1) is 8.97. The highest BCUT2D eigenvalue weighted by Gasteiger charge is 1.89. The number of aliphatic hydroxyl groups excluding tert-OH is 1. The van der Waals surface area contributed by atoms with Gasteiger partial charge < -0.3 is 15.3 Å². The van der Waals surface area contributed by atoms with Crippen LogP contribution in [0.1, 0.15) is 0 Å². The second kappa shape index (κ2) is 4.81. The zero-order chi connectivity index (χ0) is 7.98. The van der Waals surface area contributed by atoms with Crippen molar-refractivity contribution in [1.82, 2.24) is 10.2 Å². The van der Waals surface area contributed by atoms with Crippen molar-refractivity contribution in [1.29, 1.82) is 0 Å². The summed E-state index contributed by atoms with van der Waals surface area (Å²) in [5, 5.41) is 11.4. The molecule has 0 aliphatic carbocycles. The number of aliphatic imine (C=N–C) groups is 1. The molecular formula is C6H13N3O. The fourth-order valence-electron chi connectivity index (χ4n) is 0.434. The van der Waals surface area contributed by atoms with Gasteiger partial charge in [-0.2, -0.15) is 0 Å². The Morgan fingerprint density at radius 3 is 2.80 bits per heavy atom. The van der Waals surface area contributed by atoms with E-state index in [2.05, 4.69) is 17.0 Å². The van der Waals surface area contributed by atoms with Gasteiger partial charge in [0.15, 0.2) is 0 Å². The molecule has 10 heavy (non-hydrogen) atoms. The van der Waals surface area contributed by atoms with E-state index in [1.54, 1.807) is 25.2 Å². The average molecular weight is 143 g/mol. The van der Waals surface area contributed by atoms with Crippen LogP contribution in [0.5, 0.6) is 0 Å². The molecule has 0 radical (unpaired) electrons. The van der Waals surface area contributed by atoms with Crippen LogP contribution in [0.25, 0.3) is 0 Å². The molecule has 0 aliphatic rings. The lowest BCUT2D eigenvalue weighted by molar-refractivity contribution is 0.173. The van der Waals surface area contributed by atoms with Gasteiger partial charge in [0, 0.05) is 20.3 Å². The minimum absolute atomic E-state index is 0.0271. The van der Waals surface area contributed by atoms with Gasteiger partial charge in [-0.05, 0) is 6.72 Å². The van der Waals surface area contributed by atoms with Gasteiger partial charge in [0.1, 0.15) is 12.6 Å². The lowest BCUT2D eigenvalue weighted by Gasteiger charge is -2.10. The standard InChI is InChI=1S/C6H13N3O/c1-7-6(8-2)4-9(3)5-10/h4,8,10H,1,5H2,2-3H3/b6-4+. The largest absolute Gasteiger partial charge is 0.376 e. The molecule has 0 rings (SSSR count). The first-order valence-electron chi connectivity index (χ1n) is 2.92. The van der Waals surface area contributed by atoms with Gasteiger partial charge in [0.05, 0.1) is 0 Å². The predicted octanol–water partition coefficient (Wildman–Crippen LogP) is -0.413. The van der Waals surface area contributed by atoms with Gasteiger partial charge in [-0.15, -0.1) is 0 Å². The Morgan fingerprint density at radius 1 is 1.90 bits per heavy atom. The molecule has 0 fully saturated rings. The first-order chi connectivity index (χ1) is 4.74. The lowest BCUT2D eigenvalue weighted by Crippen LogP contribution is -2.15. The third-order valence-corrected chi connectivity index (χ3v) is 0.992. The fraction of sp³-hybridized carbons (Fsp3) is 0.500. The van der Waals surface area contributed by atoms with Crippen molar-refractivity contribution in [2.45, 2.75) is 0 Å². The number of nitrogens with one attached hydrogen (secondary N) is 1. The van der Waals surface area contributed by atoms with Crippen LogP contribution in [0.15, 0.2) is 17.0 Å². The Bertz CT molecular complexity index is 133. The van der Waals surface area contributed by atoms with Crippen molar-refractivity contribution >= 4 is 6.72 Å². The molecule has 0 amide bonds. The quantitative estimate of drug-likeness (QED) is 0.415. The normalized spacial score (nSPS) is 10.9. The molecule has 0 saturated heterocycles. The van der Waals surface area contributed by atoms with E-state index in [0.29, 0.717) is 5.82 Å². The predicted molar refractivity (Wildman–Crippen MR) is 41.5 cm³/mol. The van der Waals surface area contributed by atoms with Crippen LogP contribution in [0.2, 0.25) is 0 Å². The summed E-state index contributed by atoms with van der Waals surface area (Å²) >= 11 is 0. The van der Waals surface area contributed by atoms with Gasteiger partial charge in [-0.25, -0.2) is 4.99 Å². The lowest BCUT2D eigenvalue weighted by atomic mass is 10.7. The van der Waals surface area contributed by atoms with Crippen LogP contribution in [0.3, 0.4) is 0 Å². The molecule has 0 aromatic carbocycles. The number of hydrogen-bond acceptors (Lipinski definition) is 4. The van der Waals surface area contributed by atoms with Crippen molar-refractivity contribution < 1.29 is 5.11 Å². The van der Waals surface area contributed by atoms with E-state index >= 15 is 0 Å². The summed E-state index contributed by atoms with van der Waals surface area (Å²) in [6, 6.07) is 0. The molecule has 0 unspecified atom stereocenters. The molecule has 58 valence electrons. The van der Waals surface area contributed by atoms with Crippen molar-refractivity contribution in [2.24, 2.45) is 4.99 Å². The molecule has 0 heterocycles. The van der Waals surface area contributed by atoms with E-state index in [1.807, 2.05) is 0 Å². The minimum Gasteiger partial charge on any atom is -0.376 e. The highest BCUT2D eigenvalue weighted by molar-refractivity contribution is 5.28. The van der Waals surface area contributed by atoms with Crippen molar-refractivity contribution in [3.63, 3.8) is 0 Å². The molecule has 4 nitrogen and oxygen atoms in total. The molecule has 0 atom stereocenters. The van der Waals surface area contributed by atoms with Gasteiger partial charge in [0.25, 0.3) is 0 Å². The van der Waals surface area contributed by atoms with Crippen molar-refractivity contribution in [3.8, 4) is 0 Å². The summed E-state index contributed by atoms with van der Waals surface area (Å²) in [7, 11) is 3.48. The summed E-state index contributed by atoms with van der Waals surface area (Å²) in [5.74, 6) is 0.636. The van der Waals surface area contributed by atoms with Crippen LogP contribution in [-0.4, -0.2) is 37.6 Å². The molecule has 0 bridgehead atoms. The van der Waals surface area contributed by atoms with Crippen LogP contribution in [-0.2, 0) is 0 Å². The van der Waals surface area contributed by atoms with Gasteiger partial charge in [0.2, 0.25) is 0 Å². The van der Waals surface area contributed by atoms with Crippen LogP contribution in [0, 0.1) is 0 Å². The Labute approximate surface area is 60.9 Å². The van der Waals surface area contributed by atoms with E-state index in [4.69, 9.17) is 5.11 Å². The maximum atomic E-state index is 8.57. The topological polar surface area (TPSA) is 47.9 Å². The molecular weight excluding hydrogens is 130 g/mol. The molecule has 4 heteroatoms. The number of rotatable bonds is 4. The Morgan fingerprint density at radius 2 is 2.50 bits per heavy atom. The summed E-state index contributed by atoms with van der Waals surface area (Å²) in [6.07, 6.45) is 1.66. The molecule has 0 saturated carbocycles. The second-order valence-electron chi connectivity index (χ2n) is 1.82. The maximum absolute atomic E-state index is 8.57. The van der Waals surface area contributed by atoms with Crippen LogP contribution in [0.4, 0.5) is 0 Å². The van der Waals surface area contributed by atoms with E-state index in [0.717, 1.165) is 0 Å². The zero-order valence-electron chi connectivity index (χ0n) is 6.33. The third-order valence-electron chi connectivity index (χ3n) is 0.992. The Kier molecular flexibility index (Phi) is 4.32. The van der Waals surface area contributed by atoms with Gasteiger partial charge >= 0.3 is 0 Å². The van der Waals surface area contributed by atoms with E-state index in [9.17, 15) is 0 Å². The smallest absolute Gasteiger partial charge is 0.141 e. The van der Waals surface area contributed by atoms with E-state index in [1.165, 1.54) is 0 Å². The molecule has 2 N–H and O–H groups in total. The van der Waals surface area contributed by atoms with Gasteiger partial charge in [-0.1, -0.05) is 0 Å². The summed E-state index contributed by atoms with van der Waals surface area (Å²) < 4.78 is 0. The second-order valence-corrected chi connectivity index (χ2v) is 1.82. The number of aliphatic hydroxyl groups is 1. The van der Waals surface area contributed by atoms with Crippen LogP contribution >= 0.6 is 0 Å². The minimum atomic E-state index is -0.0271. The first-order valence-corrected chi connectivity index (χ1v) is 2.92. The van der Waals surface area contributed by atoms with Gasteiger partial charge in [-0.3, -0.25) is 0 Å². The number of nitrogens with zero attached hydrogens (tertiary/aromatic N) is 2. The number of hydrogen-bond donors (Lipinski definition) is 2. The SMILES string of the molecule is C=N/C(=C\N(C)CO)NC. The van der Waals surface area contributed by atoms with E-state index in [-0.39, 0.29) is 6.73 Å². The Hall–Kier alpha value is -1.03. The zero-order valence-corrected chi connectivity index (χ0v) is 6.33. The molecule has 0 spiro atoms. The van der Waals surface area contributed by atoms with Crippen LogP contribution < -0.4 is 5.32 Å². The highest BCUT2D eigenvalue weighted by atomic mass is 16.3. The monoisotopic (exact) mass is 143 g/mol. The van der Waals surface area contributed by atoms with E-state index < -0.39 is 0 Å².